The van der Waals surface area contributed by atoms with E-state index < -0.39 is 11.8 Å². The van der Waals surface area contributed by atoms with E-state index in [0.29, 0.717) is 24.7 Å². The number of hydrogen-bond acceptors (Lipinski definition) is 6. The zero-order valence-electron chi connectivity index (χ0n) is 14.4. The normalized spacial score (nSPS) is 28.6. The fourth-order valence-corrected chi connectivity index (χ4v) is 3.27. The van der Waals surface area contributed by atoms with Crippen LogP contribution < -0.4 is 15.2 Å². The Morgan fingerprint density at radius 2 is 2.00 bits per heavy atom. The molecule has 2 aliphatic rings. The van der Waals surface area contributed by atoms with Gasteiger partial charge in [0.15, 0.2) is 17.3 Å². The topological polar surface area (TPSA) is 83.3 Å². The molecule has 0 unspecified atom stereocenters. The minimum Gasteiger partial charge on any atom is -0.493 e. The number of methoxy groups -OCH3 is 2. The monoisotopic (exact) mass is 336 g/mol. The number of benzene rings is 1. The maximum absolute atomic E-state index is 12.2. The van der Waals surface area contributed by atoms with Crippen LogP contribution in [0.1, 0.15) is 19.4 Å². The molecule has 1 aromatic rings. The molecule has 0 bridgehead atoms. The standard InChI is InChI=1S/C17H24N2O5/c1-17(2)23-9-13(24-17)15-14(18)16(20)19(15)8-10-5-6-11(21-3)12(7-10)22-4/h5-7,13-15H,8-9,18H2,1-4H3/t13-,14+,15-/m0/s1. The van der Waals surface area contributed by atoms with Crippen LogP contribution >= 0.6 is 0 Å². The molecule has 2 fully saturated rings. The lowest BCUT2D eigenvalue weighted by Crippen LogP contribution is -2.72. The fourth-order valence-electron chi connectivity index (χ4n) is 3.27. The van der Waals surface area contributed by atoms with Gasteiger partial charge >= 0.3 is 0 Å². The minimum atomic E-state index is -0.641. The van der Waals surface area contributed by atoms with Gasteiger partial charge in [-0.1, -0.05) is 6.07 Å². The van der Waals surface area contributed by atoms with Crippen LogP contribution in [0.4, 0.5) is 0 Å². The summed E-state index contributed by atoms with van der Waals surface area (Å²) in [4.78, 5) is 14.0. The molecule has 7 heteroatoms. The van der Waals surface area contributed by atoms with Crippen molar-refractivity contribution >= 4 is 5.91 Å². The first kappa shape index (κ1) is 17.0. The Morgan fingerprint density at radius 3 is 2.58 bits per heavy atom. The first-order valence-electron chi connectivity index (χ1n) is 7.95. The lowest BCUT2D eigenvalue weighted by molar-refractivity contribution is -0.172. The molecule has 3 rings (SSSR count). The predicted octanol–water partition coefficient (Wildman–Crippen LogP) is 0.893. The first-order valence-corrected chi connectivity index (χ1v) is 7.95. The van der Waals surface area contributed by atoms with Gasteiger partial charge in [-0.3, -0.25) is 4.79 Å². The van der Waals surface area contributed by atoms with Crippen LogP contribution in [0, 0.1) is 0 Å². The molecule has 2 N–H and O–H groups in total. The average Bonchev–Trinajstić information content (AvgIpc) is 2.92. The van der Waals surface area contributed by atoms with Crippen LogP contribution in [0.2, 0.25) is 0 Å². The van der Waals surface area contributed by atoms with Gasteiger partial charge in [0.2, 0.25) is 5.91 Å². The molecule has 24 heavy (non-hydrogen) atoms. The molecule has 132 valence electrons. The van der Waals surface area contributed by atoms with Crippen LogP contribution in [0.5, 0.6) is 11.5 Å². The van der Waals surface area contributed by atoms with Crippen LogP contribution in [0.25, 0.3) is 0 Å². The van der Waals surface area contributed by atoms with Crippen molar-refractivity contribution in [1.82, 2.24) is 4.90 Å². The molecule has 0 aliphatic carbocycles. The van der Waals surface area contributed by atoms with E-state index in [9.17, 15) is 4.79 Å². The van der Waals surface area contributed by atoms with Gasteiger partial charge in [0.25, 0.3) is 0 Å². The third-order valence-electron chi connectivity index (χ3n) is 4.51. The molecule has 2 heterocycles. The van der Waals surface area contributed by atoms with Gasteiger partial charge in [-0.2, -0.15) is 0 Å². The third kappa shape index (κ3) is 2.94. The van der Waals surface area contributed by atoms with Gasteiger partial charge in [-0.15, -0.1) is 0 Å². The van der Waals surface area contributed by atoms with Crippen LogP contribution in [-0.2, 0) is 20.8 Å². The zero-order chi connectivity index (χ0) is 17.5. The van der Waals surface area contributed by atoms with Crippen molar-refractivity contribution in [3.63, 3.8) is 0 Å². The van der Waals surface area contributed by atoms with Gasteiger partial charge in [-0.25, -0.2) is 0 Å². The number of carbonyl (C=O) groups is 1. The number of β-lactam (4-membered cyclic amide) rings is 1. The quantitative estimate of drug-likeness (QED) is 0.804. The maximum atomic E-state index is 12.2. The van der Waals surface area contributed by atoms with Crippen LogP contribution in [0.15, 0.2) is 18.2 Å². The number of nitrogens with two attached hydrogens (primary N) is 1. The van der Waals surface area contributed by atoms with Crippen molar-refractivity contribution in [3.05, 3.63) is 23.8 Å². The van der Waals surface area contributed by atoms with Gasteiger partial charge in [0.1, 0.15) is 12.1 Å². The Hall–Kier alpha value is -1.83. The number of amides is 1. The number of hydrogen-bond donors (Lipinski definition) is 1. The van der Waals surface area contributed by atoms with E-state index >= 15 is 0 Å². The molecule has 2 saturated heterocycles. The zero-order valence-corrected chi connectivity index (χ0v) is 14.4. The Kier molecular flexibility index (Phi) is 4.42. The molecule has 0 saturated carbocycles. The lowest BCUT2D eigenvalue weighted by atomic mass is 9.90. The highest BCUT2D eigenvalue weighted by atomic mass is 16.7. The largest absolute Gasteiger partial charge is 0.493 e. The van der Waals surface area contributed by atoms with E-state index in [1.54, 1.807) is 19.1 Å². The summed E-state index contributed by atoms with van der Waals surface area (Å²) in [6.07, 6.45) is -0.215. The van der Waals surface area contributed by atoms with Crippen molar-refractivity contribution in [3.8, 4) is 11.5 Å². The Labute approximate surface area is 141 Å². The second kappa shape index (κ2) is 6.23. The van der Waals surface area contributed by atoms with Crippen molar-refractivity contribution < 1.29 is 23.7 Å². The minimum absolute atomic E-state index is 0.0805. The Morgan fingerprint density at radius 1 is 1.29 bits per heavy atom. The summed E-state index contributed by atoms with van der Waals surface area (Å²) in [6, 6.07) is 4.86. The van der Waals surface area contributed by atoms with E-state index in [1.807, 2.05) is 32.0 Å². The molecular weight excluding hydrogens is 312 g/mol. The number of nitrogens with zero attached hydrogens (tertiary/aromatic N) is 1. The van der Waals surface area contributed by atoms with Gasteiger partial charge in [0, 0.05) is 6.54 Å². The van der Waals surface area contributed by atoms with E-state index in [4.69, 9.17) is 24.7 Å². The van der Waals surface area contributed by atoms with Crippen LogP contribution in [-0.4, -0.2) is 55.6 Å². The molecule has 0 spiro atoms. The number of ether oxygens (including phenoxy) is 4. The highest BCUT2D eigenvalue weighted by molar-refractivity contribution is 5.89. The fraction of sp³-hybridized carbons (Fsp3) is 0.588. The second-order valence-corrected chi connectivity index (χ2v) is 6.54. The smallest absolute Gasteiger partial charge is 0.242 e. The van der Waals surface area contributed by atoms with E-state index in [-0.39, 0.29) is 18.1 Å². The lowest BCUT2D eigenvalue weighted by Gasteiger charge is -2.47. The van der Waals surface area contributed by atoms with Crippen molar-refractivity contribution in [2.75, 3.05) is 20.8 Å². The molecule has 3 atom stereocenters. The molecule has 1 aromatic carbocycles. The molecule has 7 nitrogen and oxygen atoms in total. The average molecular weight is 336 g/mol. The predicted molar refractivity (Wildman–Crippen MR) is 86.8 cm³/mol. The summed E-state index contributed by atoms with van der Waals surface area (Å²) in [5.41, 5.74) is 6.95. The van der Waals surface area contributed by atoms with E-state index in [0.717, 1.165) is 5.56 Å². The summed E-state index contributed by atoms with van der Waals surface area (Å²) in [5, 5.41) is 0. The van der Waals surface area contributed by atoms with E-state index in [1.165, 1.54) is 0 Å². The molecule has 0 radical (unpaired) electrons. The number of rotatable bonds is 5. The third-order valence-corrected chi connectivity index (χ3v) is 4.51. The summed E-state index contributed by atoms with van der Waals surface area (Å²) < 4.78 is 22.0. The Balaban J connectivity index is 1.75. The highest BCUT2D eigenvalue weighted by Gasteiger charge is 2.52. The SMILES string of the molecule is COc1ccc(CN2C(=O)[C@H](N)[C@@H]2[C@@H]2COC(C)(C)O2)cc1OC. The maximum Gasteiger partial charge on any atom is 0.242 e. The number of likely N-dealkylation sites (tertiary alicyclic amines) is 1. The molecule has 1 amide bonds. The summed E-state index contributed by atoms with van der Waals surface area (Å²) >= 11 is 0. The highest BCUT2D eigenvalue weighted by Crippen LogP contribution is 2.34. The molecular formula is C17H24N2O5. The summed E-state index contributed by atoms with van der Waals surface area (Å²) in [6.45, 7) is 4.59. The molecule has 2 aliphatic heterocycles. The number of carbonyl (C=O) groups excluding carboxylic acids is 1. The summed E-state index contributed by atoms with van der Waals surface area (Å²) in [5.74, 6) is 0.560. The van der Waals surface area contributed by atoms with Crippen molar-refractivity contribution in [1.29, 1.82) is 0 Å². The van der Waals surface area contributed by atoms with E-state index in [2.05, 4.69) is 0 Å². The van der Waals surface area contributed by atoms with Crippen molar-refractivity contribution in [2.45, 2.75) is 44.4 Å². The second-order valence-electron chi connectivity index (χ2n) is 6.54. The van der Waals surface area contributed by atoms with Gasteiger partial charge in [-0.05, 0) is 31.5 Å². The first-order chi connectivity index (χ1) is 11.4. The Bertz CT molecular complexity index is 633. The van der Waals surface area contributed by atoms with Crippen molar-refractivity contribution in [2.24, 2.45) is 5.73 Å². The molecule has 0 aromatic heterocycles. The van der Waals surface area contributed by atoms with Gasteiger partial charge < -0.3 is 29.6 Å². The van der Waals surface area contributed by atoms with Gasteiger partial charge in [0.05, 0.1) is 26.9 Å². The summed E-state index contributed by atoms with van der Waals surface area (Å²) in [7, 11) is 3.17. The van der Waals surface area contributed by atoms with Crippen LogP contribution in [0.3, 0.4) is 0 Å².